The summed E-state index contributed by atoms with van der Waals surface area (Å²) >= 11 is 0. The average molecular weight is 283 g/mol. The summed E-state index contributed by atoms with van der Waals surface area (Å²) in [6.45, 7) is 11.9. The quantitative estimate of drug-likeness (QED) is 0.748. The van der Waals surface area contributed by atoms with E-state index in [2.05, 4.69) is 54.9 Å². The molecule has 1 N–H and O–H groups in total. The number of para-hydroxylation sites is 1. The molecular weight excluding hydrogens is 258 g/mol. The third-order valence-electron chi connectivity index (χ3n) is 3.49. The fraction of sp³-hybridized carbons (Fsp3) is 0.389. The minimum absolute atomic E-state index is 0.808. The van der Waals surface area contributed by atoms with Crippen molar-refractivity contribution in [1.29, 1.82) is 0 Å². The number of nitrogens with one attached hydrogen (secondary N) is 1. The maximum atomic E-state index is 4.76. The zero-order chi connectivity index (χ0) is 15.1. The van der Waals surface area contributed by atoms with Gasteiger partial charge in [-0.2, -0.15) is 0 Å². The van der Waals surface area contributed by atoms with Crippen LogP contribution >= 0.6 is 0 Å². The lowest BCUT2D eigenvalue weighted by molar-refractivity contribution is 0.712. The molecule has 2 aromatic rings. The van der Waals surface area contributed by atoms with Crippen molar-refractivity contribution in [3.8, 4) is 0 Å². The summed E-state index contributed by atoms with van der Waals surface area (Å²) in [5.41, 5.74) is 3.42. The van der Waals surface area contributed by atoms with Crippen LogP contribution in [0.25, 0.3) is 10.9 Å². The van der Waals surface area contributed by atoms with E-state index < -0.39 is 0 Å². The Morgan fingerprint density at radius 3 is 2.81 bits per heavy atom. The number of fused-ring (bicyclic) bond motifs is 1. The summed E-state index contributed by atoms with van der Waals surface area (Å²) in [6.07, 6.45) is 3.09. The molecule has 1 heterocycles. The van der Waals surface area contributed by atoms with E-state index in [9.17, 15) is 0 Å². The van der Waals surface area contributed by atoms with Crippen molar-refractivity contribution in [3.05, 3.63) is 48.7 Å². The van der Waals surface area contributed by atoms with Gasteiger partial charge in [0.2, 0.25) is 0 Å². The van der Waals surface area contributed by atoms with Gasteiger partial charge in [-0.15, -0.1) is 6.58 Å². The number of pyridine rings is 1. The Morgan fingerprint density at radius 1 is 1.29 bits per heavy atom. The predicted molar refractivity (Wildman–Crippen MR) is 91.8 cm³/mol. The highest BCUT2D eigenvalue weighted by Gasteiger charge is 2.11. The van der Waals surface area contributed by atoms with Crippen LogP contribution in [-0.2, 0) is 6.54 Å². The molecule has 0 radical (unpaired) electrons. The summed E-state index contributed by atoms with van der Waals surface area (Å²) in [7, 11) is 0. The highest BCUT2D eigenvalue weighted by Crippen LogP contribution is 2.27. The molecule has 21 heavy (non-hydrogen) atoms. The van der Waals surface area contributed by atoms with Crippen molar-refractivity contribution >= 4 is 16.6 Å². The first kappa shape index (κ1) is 15.5. The molecule has 0 aliphatic carbocycles. The molecule has 0 atom stereocenters. The Bertz CT molecular complexity index is 592. The topological polar surface area (TPSA) is 28.2 Å². The van der Waals surface area contributed by atoms with Gasteiger partial charge in [-0.1, -0.05) is 38.1 Å². The van der Waals surface area contributed by atoms with Crippen LogP contribution in [0.5, 0.6) is 0 Å². The number of nitrogens with zero attached hydrogens (tertiary/aromatic N) is 2. The maximum Gasteiger partial charge on any atom is 0.0726 e. The minimum Gasteiger partial charge on any atom is -0.367 e. The lowest BCUT2D eigenvalue weighted by Gasteiger charge is -2.25. The van der Waals surface area contributed by atoms with Crippen molar-refractivity contribution in [2.45, 2.75) is 26.8 Å². The third kappa shape index (κ3) is 3.82. The molecule has 0 fully saturated rings. The van der Waals surface area contributed by atoms with Crippen LogP contribution in [0.1, 0.15) is 26.0 Å². The highest BCUT2D eigenvalue weighted by atomic mass is 15.1. The van der Waals surface area contributed by atoms with Crippen LogP contribution in [0, 0.1) is 0 Å². The Kier molecular flexibility index (Phi) is 5.76. The first-order valence-electron chi connectivity index (χ1n) is 7.75. The van der Waals surface area contributed by atoms with Gasteiger partial charge >= 0.3 is 0 Å². The second-order valence-electron chi connectivity index (χ2n) is 5.16. The molecule has 2 rings (SSSR count). The summed E-state index contributed by atoms with van der Waals surface area (Å²) in [5, 5.41) is 4.57. The van der Waals surface area contributed by atoms with Crippen molar-refractivity contribution in [3.63, 3.8) is 0 Å². The largest absolute Gasteiger partial charge is 0.367 e. The molecule has 1 aromatic carbocycles. The smallest absolute Gasteiger partial charge is 0.0726 e. The average Bonchev–Trinajstić information content (AvgIpc) is 2.52. The molecule has 3 heteroatoms. The minimum atomic E-state index is 0.808. The van der Waals surface area contributed by atoms with E-state index in [-0.39, 0.29) is 0 Å². The summed E-state index contributed by atoms with van der Waals surface area (Å²) in [5.74, 6) is 0. The first-order valence-corrected chi connectivity index (χ1v) is 7.75. The van der Waals surface area contributed by atoms with Gasteiger partial charge in [-0.3, -0.25) is 4.98 Å². The zero-order valence-electron chi connectivity index (χ0n) is 13.1. The Labute approximate surface area is 127 Å². The van der Waals surface area contributed by atoms with E-state index in [1.54, 1.807) is 0 Å². The van der Waals surface area contributed by atoms with Crippen LogP contribution in [-0.4, -0.2) is 24.6 Å². The van der Waals surface area contributed by atoms with Crippen LogP contribution in [0.15, 0.2) is 43.0 Å². The molecule has 3 nitrogen and oxygen atoms in total. The van der Waals surface area contributed by atoms with E-state index in [4.69, 9.17) is 4.98 Å². The molecule has 0 amide bonds. The standard InChI is InChI=1S/C18H25N3/c1-4-11-21(12-5-2)18-13-15(14-19-6-3)20-17-10-8-7-9-16(17)18/h4,7-10,13,19H,1,5-6,11-12,14H2,2-3H3. The number of rotatable bonds is 8. The van der Waals surface area contributed by atoms with Gasteiger partial charge in [0.25, 0.3) is 0 Å². The fourth-order valence-corrected chi connectivity index (χ4v) is 2.55. The maximum absolute atomic E-state index is 4.76. The second-order valence-corrected chi connectivity index (χ2v) is 5.16. The van der Waals surface area contributed by atoms with Gasteiger partial charge in [0.05, 0.1) is 11.2 Å². The normalized spacial score (nSPS) is 10.8. The molecule has 0 unspecified atom stereocenters. The summed E-state index contributed by atoms with van der Waals surface area (Å²) in [6, 6.07) is 10.6. The van der Waals surface area contributed by atoms with E-state index in [1.807, 2.05) is 12.1 Å². The predicted octanol–water partition coefficient (Wildman–Crippen LogP) is 3.75. The van der Waals surface area contributed by atoms with Gasteiger partial charge in [0, 0.05) is 30.7 Å². The molecule has 0 aliphatic heterocycles. The monoisotopic (exact) mass is 283 g/mol. The fourth-order valence-electron chi connectivity index (χ4n) is 2.55. The molecule has 0 saturated heterocycles. The number of aromatic nitrogens is 1. The molecule has 1 aromatic heterocycles. The van der Waals surface area contributed by atoms with Crippen molar-refractivity contribution in [1.82, 2.24) is 10.3 Å². The van der Waals surface area contributed by atoms with Crippen LogP contribution in [0.2, 0.25) is 0 Å². The van der Waals surface area contributed by atoms with Crippen molar-refractivity contribution in [2.24, 2.45) is 0 Å². The Balaban J connectivity index is 2.48. The molecule has 0 aliphatic rings. The highest BCUT2D eigenvalue weighted by molar-refractivity contribution is 5.92. The number of hydrogen-bond donors (Lipinski definition) is 1. The molecule has 0 spiro atoms. The number of anilines is 1. The molecule has 112 valence electrons. The summed E-state index contributed by atoms with van der Waals surface area (Å²) < 4.78 is 0. The van der Waals surface area contributed by atoms with Gasteiger partial charge in [-0.05, 0) is 25.1 Å². The van der Waals surface area contributed by atoms with Gasteiger partial charge in [-0.25, -0.2) is 0 Å². The van der Waals surface area contributed by atoms with Crippen molar-refractivity contribution < 1.29 is 0 Å². The van der Waals surface area contributed by atoms with Gasteiger partial charge < -0.3 is 10.2 Å². The Morgan fingerprint density at radius 2 is 2.10 bits per heavy atom. The second kappa shape index (κ2) is 7.79. The lowest BCUT2D eigenvalue weighted by atomic mass is 10.1. The third-order valence-corrected chi connectivity index (χ3v) is 3.49. The SMILES string of the molecule is C=CCN(CCC)c1cc(CNCC)nc2ccccc12. The van der Waals surface area contributed by atoms with E-state index in [1.165, 1.54) is 11.1 Å². The van der Waals surface area contributed by atoms with E-state index in [0.29, 0.717) is 0 Å². The van der Waals surface area contributed by atoms with Gasteiger partial charge in [0.1, 0.15) is 0 Å². The Hall–Kier alpha value is -1.87. The van der Waals surface area contributed by atoms with Crippen LogP contribution < -0.4 is 10.2 Å². The molecule has 0 bridgehead atoms. The van der Waals surface area contributed by atoms with E-state index in [0.717, 1.165) is 43.8 Å². The van der Waals surface area contributed by atoms with E-state index >= 15 is 0 Å². The number of hydrogen-bond acceptors (Lipinski definition) is 3. The van der Waals surface area contributed by atoms with Crippen LogP contribution in [0.3, 0.4) is 0 Å². The summed E-state index contributed by atoms with van der Waals surface area (Å²) in [4.78, 5) is 7.14. The first-order chi connectivity index (χ1) is 10.3. The lowest BCUT2D eigenvalue weighted by Crippen LogP contribution is -2.25. The van der Waals surface area contributed by atoms with Crippen molar-refractivity contribution in [2.75, 3.05) is 24.5 Å². The molecule has 0 saturated carbocycles. The zero-order valence-corrected chi connectivity index (χ0v) is 13.1. The molecular formula is C18H25N3. The number of benzene rings is 1. The van der Waals surface area contributed by atoms with Crippen LogP contribution in [0.4, 0.5) is 5.69 Å². The van der Waals surface area contributed by atoms with Gasteiger partial charge in [0.15, 0.2) is 0 Å².